The van der Waals surface area contributed by atoms with Crippen LogP contribution in [-0.2, 0) is 16.4 Å². The molecule has 0 heterocycles. The fraction of sp³-hybridized carbons (Fsp3) is 0.625. The molecule has 5 heteroatoms. The van der Waals surface area contributed by atoms with Gasteiger partial charge in [0.15, 0.2) is 0 Å². The van der Waals surface area contributed by atoms with E-state index in [4.69, 9.17) is 5.11 Å². The van der Waals surface area contributed by atoms with Gasteiger partial charge in [0.05, 0.1) is 4.90 Å². The van der Waals surface area contributed by atoms with Gasteiger partial charge in [-0.25, -0.2) is 13.1 Å². The number of benzene rings is 1. The van der Waals surface area contributed by atoms with Crippen molar-refractivity contribution in [2.75, 3.05) is 13.2 Å². The summed E-state index contributed by atoms with van der Waals surface area (Å²) in [6.07, 6.45) is 6.34. The normalized spacial score (nSPS) is 20.4. The first-order valence-corrected chi connectivity index (χ1v) is 9.24. The van der Waals surface area contributed by atoms with Crippen molar-refractivity contribution in [2.45, 2.75) is 43.4 Å². The number of rotatable bonds is 8. The van der Waals surface area contributed by atoms with Crippen LogP contribution in [0.3, 0.4) is 0 Å². The van der Waals surface area contributed by atoms with Crippen molar-refractivity contribution in [3.05, 3.63) is 29.8 Å². The van der Waals surface area contributed by atoms with Crippen LogP contribution in [0.4, 0.5) is 0 Å². The molecule has 0 amide bonds. The minimum absolute atomic E-state index is 0.158. The molecule has 0 bridgehead atoms. The smallest absolute Gasteiger partial charge is 0.240 e. The molecule has 2 aliphatic rings. The lowest BCUT2D eigenvalue weighted by Crippen LogP contribution is -2.31. The number of hydrogen-bond acceptors (Lipinski definition) is 3. The maximum Gasteiger partial charge on any atom is 0.240 e. The highest BCUT2D eigenvalue weighted by Crippen LogP contribution is 2.60. The van der Waals surface area contributed by atoms with Gasteiger partial charge in [-0.1, -0.05) is 12.1 Å². The van der Waals surface area contributed by atoms with Crippen molar-refractivity contribution in [3.8, 4) is 0 Å². The van der Waals surface area contributed by atoms with E-state index in [1.807, 2.05) is 12.1 Å². The van der Waals surface area contributed by atoms with Gasteiger partial charge in [-0.2, -0.15) is 0 Å². The molecule has 0 spiro atoms. The lowest BCUT2D eigenvalue weighted by Gasteiger charge is -2.15. The van der Waals surface area contributed by atoms with Crippen molar-refractivity contribution in [3.63, 3.8) is 0 Å². The number of aryl methyl sites for hydroxylation is 1. The van der Waals surface area contributed by atoms with Crippen molar-refractivity contribution < 1.29 is 13.5 Å². The van der Waals surface area contributed by atoms with E-state index in [1.165, 1.54) is 25.7 Å². The molecular formula is C16H23NO3S. The molecule has 0 aliphatic heterocycles. The second kappa shape index (κ2) is 5.71. The van der Waals surface area contributed by atoms with Gasteiger partial charge in [-0.3, -0.25) is 0 Å². The summed E-state index contributed by atoms with van der Waals surface area (Å²) in [4.78, 5) is 0.335. The van der Waals surface area contributed by atoms with E-state index in [-0.39, 0.29) is 12.0 Å². The third kappa shape index (κ3) is 3.47. The fourth-order valence-corrected chi connectivity index (χ4v) is 4.16. The third-order valence-corrected chi connectivity index (χ3v) is 6.22. The van der Waals surface area contributed by atoms with Crippen LogP contribution in [0.1, 0.15) is 37.7 Å². The molecule has 0 saturated heterocycles. The van der Waals surface area contributed by atoms with Crippen molar-refractivity contribution in [1.82, 2.24) is 4.72 Å². The lowest BCUT2D eigenvalue weighted by molar-refractivity contribution is 0.288. The van der Waals surface area contributed by atoms with Crippen molar-refractivity contribution in [2.24, 2.45) is 11.3 Å². The first kappa shape index (κ1) is 15.0. The number of aliphatic hydroxyl groups excluding tert-OH is 1. The Morgan fingerprint density at radius 2 is 1.86 bits per heavy atom. The average molecular weight is 309 g/mol. The van der Waals surface area contributed by atoms with E-state index in [2.05, 4.69) is 4.72 Å². The summed E-state index contributed by atoms with van der Waals surface area (Å²) < 4.78 is 27.4. The molecule has 2 aliphatic carbocycles. The Hall–Kier alpha value is -0.910. The summed E-state index contributed by atoms with van der Waals surface area (Å²) in [5.74, 6) is 0.751. The highest BCUT2D eigenvalue weighted by molar-refractivity contribution is 7.89. The molecule has 0 radical (unpaired) electrons. The van der Waals surface area contributed by atoms with E-state index in [0.717, 1.165) is 17.9 Å². The standard InChI is InChI=1S/C16H23NO3S/c18-11-1-2-13-3-7-15(8-4-13)21(19,20)17-12-16(9-10-16)14-5-6-14/h3-4,7-8,14,17-18H,1-2,5-6,9-12H2. The monoisotopic (exact) mass is 309 g/mol. The summed E-state index contributed by atoms with van der Waals surface area (Å²) >= 11 is 0. The number of aliphatic hydroxyl groups is 1. The summed E-state index contributed by atoms with van der Waals surface area (Å²) in [7, 11) is -3.40. The van der Waals surface area contributed by atoms with Crippen LogP contribution < -0.4 is 4.72 Å². The maximum absolute atomic E-state index is 12.3. The summed E-state index contributed by atoms with van der Waals surface area (Å²) in [6, 6.07) is 6.98. The molecule has 4 nitrogen and oxygen atoms in total. The molecule has 21 heavy (non-hydrogen) atoms. The number of nitrogens with one attached hydrogen (secondary N) is 1. The van der Waals surface area contributed by atoms with Crippen LogP contribution in [-0.4, -0.2) is 26.7 Å². The molecule has 2 saturated carbocycles. The van der Waals surface area contributed by atoms with Gasteiger partial charge in [0, 0.05) is 13.2 Å². The molecule has 116 valence electrons. The molecule has 1 aromatic carbocycles. The summed E-state index contributed by atoms with van der Waals surface area (Å²) in [6.45, 7) is 0.747. The fourth-order valence-electron chi connectivity index (χ4n) is 3.03. The third-order valence-electron chi connectivity index (χ3n) is 4.81. The first-order valence-electron chi connectivity index (χ1n) is 7.75. The minimum Gasteiger partial charge on any atom is -0.396 e. The minimum atomic E-state index is -3.40. The lowest BCUT2D eigenvalue weighted by atomic mass is 10.0. The van der Waals surface area contributed by atoms with Crippen LogP contribution in [0.2, 0.25) is 0 Å². The molecule has 0 unspecified atom stereocenters. The van der Waals surface area contributed by atoms with E-state index in [9.17, 15) is 8.42 Å². The number of sulfonamides is 1. The van der Waals surface area contributed by atoms with Crippen molar-refractivity contribution >= 4 is 10.0 Å². The second-order valence-electron chi connectivity index (χ2n) is 6.43. The van der Waals surface area contributed by atoms with E-state index in [1.54, 1.807) is 12.1 Å². The van der Waals surface area contributed by atoms with Gasteiger partial charge < -0.3 is 5.11 Å². The molecule has 3 rings (SSSR count). The zero-order valence-electron chi connectivity index (χ0n) is 12.2. The van der Waals surface area contributed by atoms with Gasteiger partial charge in [0.25, 0.3) is 0 Å². The van der Waals surface area contributed by atoms with Gasteiger partial charge in [-0.05, 0) is 67.6 Å². The zero-order valence-corrected chi connectivity index (χ0v) is 13.0. The average Bonchev–Trinajstić information content (AvgIpc) is 3.36. The zero-order chi connectivity index (χ0) is 14.9. The Kier molecular flexibility index (Phi) is 4.08. The Labute approximate surface area is 126 Å². The van der Waals surface area contributed by atoms with Crippen molar-refractivity contribution in [1.29, 1.82) is 0 Å². The van der Waals surface area contributed by atoms with E-state index in [0.29, 0.717) is 17.9 Å². The molecule has 1 aromatic rings. The van der Waals surface area contributed by atoms with Crippen LogP contribution in [0.5, 0.6) is 0 Å². The topological polar surface area (TPSA) is 66.4 Å². The Balaban J connectivity index is 1.61. The summed E-state index contributed by atoms with van der Waals surface area (Å²) in [5.41, 5.74) is 1.33. The van der Waals surface area contributed by atoms with E-state index >= 15 is 0 Å². The van der Waals surface area contributed by atoms with Gasteiger partial charge in [-0.15, -0.1) is 0 Å². The van der Waals surface area contributed by atoms with Crippen LogP contribution >= 0.6 is 0 Å². The highest BCUT2D eigenvalue weighted by atomic mass is 32.2. The quantitative estimate of drug-likeness (QED) is 0.772. The summed E-state index contributed by atoms with van der Waals surface area (Å²) in [5, 5.41) is 8.81. The molecular weight excluding hydrogens is 286 g/mol. The predicted molar refractivity (Wildman–Crippen MR) is 81.4 cm³/mol. The molecule has 2 fully saturated rings. The van der Waals surface area contributed by atoms with Crippen LogP contribution in [0, 0.1) is 11.3 Å². The van der Waals surface area contributed by atoms with Crippen LogP contribution in [0.15, 0.2) is 29.2 Å². The van der Waals surface area contributed by atoms with Crippen LogP contribution in [0.25, 0.3) is 0 Å². The van der Waals surface area contributed by atoms with Gasteiger partial charge in [0.2, 0.25) is 10.0 Å². The largest absolute Gasteiger partial charge is 0.396 e. The Morgan fingerprint density at radius 3 is 2.38 bits per heavy atom. The van der Waals surface area contributed by atoms with Gasteiger partial charge in [0.1, 0.15) is 0 Å². The van der Waals surface area contributed by atoms with Gasteiger partial charge >= 0.3 is 0 Å². The first-order chi connectivity index (χ1) is 10.1. The molecule has 0 atom stereocenters. The Morgan fingerprint density at radius 1 is 1.19 bits per heavy atom. The molecule has 0 aromatic heterocycles. The molecule has 2 N–H and O–H groups in total. The van der Waals surface area contributed by atoms with E-state index < -0.39 is 10.0 Å². The second-order valence-corrected chi connectivity index (χ2v) is 8.20. The predicted octanol–water partition coefficient (Wildman–Crippen LogP) is 2.08. The SMILES string of the molecule is O=S(=O)(NCC1(C2CC2)CC1)c1ccc(CCCO)cc1. The Bertz CT molecular complexity index is 586. The number of hydrogen-bond donors (Lipinski definition) is 2. The maximum atomic E-state index is 12.3. The highest BCUT2D eigenvalue weighted by Gasteiger charge is 2.53.